The monoisotopic (exact) mass is 315 g/mol. The van der Waals surface area contributed by atoms with Crippen molar-refractivity contribution in [2.24, 2.45) is 0 Å². The summed E-state index contributed by atoms with van der Waals surface area (Å²) in [5.74, 6) is 0.0428. The number of alkyl halides is 1. The van der Waals surface area contributed by atoms with Crippen molar-refractivity contribution in [3.05, 3.63) is 6.33 Å². The minimum absolute atomic E-state index is 0.0428. The Balaban J connectivity index is 2.07. The first-order chi connectivity index (χ1) is 10.1. The van der Waals surface area contributed by atoms with Crippen molar-refractivity contribution in [3.63, 3.8) is 0 Å². The van der Waals surface area contributed by atoms with Crippen molar-refractivity contribution in [1.29, 1.82) is 0 Å². The maximum absolute atomic E-state index is 14.2. The summed E-state index contributed by atoms with van der Waals surface area (Å²) in [6, 6.07) is 0. The fourth-order valence-electron chi connectivity index (χ4n) is 2.31. The molecule has 1 saturated heterocycles. The van der Waals surface area contributed by atoms with Crippen LogP contribution in [0.3, 0.4) is 0 Å². The Bertz CT molecular complexity index is 669. The van der Waals surface area contributed by atoms with Crippen LogP contribution in [0, 0.1) is 0 Å². The van der Waals surface area contributed by atoms with Crippen LogP contribution in [0.2, 0.25) is 0 Å². The van der Waals surface area contributed by atoms with Crippen LogP contribution in [-0.2, 0) is 4.74 Å². The summed E-state index contributed by atoms with van der Waals surface area (Å²) in [5.41, 5.74) is 6.45. The summed E-state index contributed by atoms with van der Waals surface area (Å²) in [6.07, 6.45) is -2.03. The highest BCUT2D eigenvalue weighted by Crippen LogP contribution is 2.34. The number of hydrogen-bond donors (Lipinski definition) is 3. The van der Waals surface area contributed by atoms with Crippen LogP contribution < -0.4 is 5.73 Å². The highest BCUT2D eigenvalue weighted by Gasteiger charge is 2.45. The van der Waals surface area contributed by atoms with E-state index in [2.05, 4.69) is 15.0 Å². The van der Waals surface area contributed by atoms with Gasteiger partial charge in [0.1, 0.15) is 22.8 Å². The molecule has 1 fully saturated rings. The summed E-state index contributed by atoms with van der Waals surface area (Å²) in [4.78, 5) is 12.3. The molecule has 1 aliphatic heterocycles. The molecule has 3 heterocycles. The molecule has 10 heteroatoms. The van der Waals surface area contributed by atoms with E-state index in [1.54, 1.807) is 0 Å². The summed E-state index contributed by atoms with van der Waals surface area (Å²) in [6.45, 7) is -0.474. The number of rotatable bonds is 3. The number of aliphatic hydroxyl groups excluding tert-OH is 2. The number of aliphatic hydroxyl groups is 2. The van der Waals surface area contributed by atoms with Crippen molar-refractivity contribution in [2.45, 2.75) is 29.6 Å². The lowest BCUT2D eigenvalue weighted by atomic mass is 10.1. The van der Waals surface area contributed by atoms with Gasteiger partial charge in [-0.15, -0.1) is 11.8 Å². The molecule has 0 bridgehead atoms. The molecule has 8 nitrogen and oxygen atoms in total. The SMILES string of the molecule is CSc1nc(N)nc2c1ncn2[C@@H]1O[C@H](CO)[C@@H](O)[C@@H]1F. The normalized spacial score (nSPS) is 29.3. The first kappa shape index (κ1) is 14.4. The van der Waals surface area contributed by atoms with Crippen LogP contribution in [0.5, 0.6) is 0 Å². The van der Waals surface area contributed by atoms with Crippen molar-refractivity contribution < 1.29 is 19.3 Å². The van der Waals surface area contributed by atoms with Gasteiger partial charge in [0.15, 0.2) is 18.0 Å². The Morgan fingerprint density at radius 1 is 1.52 bits per heavy atom. The number of nitrogens with zero attached hydrogens (tertiary/aromatic N) is 4. The molecule has 0 radical (unpaired) electrons. The van der Waals surface area contributed by atoms with Gasteiger partial charge in [-0.3, -0.25) is 4.57 Å². The average molecular weight is 315 g/mol. The summed E-state index contributed by atoms with van der Waals surface area (Å²) in [7, 11) is 0. The second-order valence-electron chi connectivity index (χ2n) is 4.60. The lowest BCUT2D eigenvalue weighted by Gasteiger charge is -2.15. The van der Waals surface area contributed by atoms with E-state index in [9.17, 15) is 9.50 Å². The number of nitrogens with two attached hydrogens (primary N) is 1. The number of nitrogen functional groups attached to an aromatic ring is 1. The van der Waals surface area contributed by atoms with E-state index in [-0.39, 0.29) is 5.95 Å². The highest BCUT2D eigenvalue weighted by molar-refractivity contribution is 7.98. The van der Waals surface area contributed by atoms with Crippen molar-refractivity contribution in [1.82, 2.24) is 19.5 Å². The summed E-state index contributed by atoms with van der Waals surface area (Å²) < 4.78 is 20.9. The Kier molecular flexibility index (Phi) is 3.69. The molecular weight excluding hydrogens is 301 g/mol. The molecule has 21 heavy (non-hydrogen) atoms. The first-order valence-corrected chi connectivity index (χ1v) is 7.41. The predicted molar refractivity (Wildman–Crippen MR) is 73.4 cm³/mol. The number of anilines is 1. The molecule has 1 aliphatic rings. The molecule has 0 amide bonds. The second-order valence-corrected chi connectivity index (χ2v) is 5.39. The van der Waals surface area contributed by atoms with Crippen LogP contribution in [0.4, 0.5) is 10.3 Å². The zero-order chi connectivity index (χ0) is 15.1. The molecule has 4 atom stereocenters. The molecular formula is C11H14FN5O3S. The van der Waals surface area contributed by atoms with Gasteiger partial charge in [0.2, 0.25) is 5.95 Å². The first-order valence-electron chi connectivity index (χ1n) is 6.19. The second kappa shape index (κ2) is 5.37. The number of aromatic nitrogens is 4. The average Bonchev–Trinajstić information content (AvgIpc) is 3.01. The number of halogens is 1. The van der Waals surface area contributed by atoms with Gasteiger partial charge in [0.25, 0.3) is 0 Å². The number of imidazole rings is 1. The molecule has 4 N–H and O–H groups in total. The molecule has 0 saturated carbocycles. The zero-order valence-corrected chi connectivity index (χ0v) is 11.9. The Morgan fingerprint density at radius 3 is 2.90 bits per heavy atom. The minimum Gasteiger partial charge on any atom is -0.394 e. The van der Waals surface area contributed by atoms with Crippen LogP contribution in [-0.4, -0.2) is 61.0 Å². The maximum Gasteiger partial charge on any atom is 0.223 e. The van der Waals surface area contributed by atoms with Gasteiger partial charge in [-0.25, -0.2) is 14.4 Å². The van der Waals surface area contributed by atoms with E-state index in [1.165, 1.54) is 22.7 Å². The van der Waals surface area contributed by atoms with Gasteiger partial charge in [-0.1, -0.05) is 0 Å². The molecule has 2 aromatic rings. The third-order valence-electron chi connectivity index (χ3n) is 3.35. The van der Waals surface area contributed by atoms with Crippen LogP contribution in [0.15, 0.2) is 11.4 Å². The van der Waals surface area contributed by atoms with E-state index in [0.717, 1.165) is 0 Å². The van der Waals surface area contributed by atoms with Crippen LogP contribution >= 0.6 is 11.8 Å². The Morgan fingerprint density at radius 2 is 2.29 bits per heavy atom. The van der Waals surface area contributed by atoms with Gasteiger partial charge in [-0.05, 0) is 6.26 Å². The van der Waals surface area contributed by atoms with Crippen LogP contribution in [0.1, 0.15) is 6.23 Å². The van der Waals surface area contributed by atoms with E-state index in [1.807, 2.05) is 6.26 Å². The molecule has 0 spiro atoms. The summed E-state index contributed by atoms with van der Waals surface area (Å²) >= 11 is 1.34. The van der Waals surface area contributed by atoms with Crippen molar-refractivity contribution in [3.8, 4) is 0 Å². The largest absolute Gasteiger partial charge is 0.394 e. The standard InChI is InChI=1S/C11H14FN5O3S/c1-21-9-6-8(15-11(13)16-9)17(3-14-6)10-5(12)7(19)4(2-18)20-10/h3-5,7,10,18-19H,2H2,1H3,(H2,13,15,16)/t4-,5+,7-,10-/m1/s1. The predicted octanol–water partition coefficient (Wildman–Crippen LogP) is -0.281. The number of fused-ring (bicyclic) bond motifs is 1. The third-order valence-corrected chi connectivity index (χ3v) is 4.02. The molecule has 0 aliphatic carbocycles. The smallest absolute Gasteiger partial charge is 0.223 e. The van der Waals surface area contributed by atoms with E-state index in [0.29, 0.717) is 16.2 Å². The van der Waals surface area contributed by atoms with Crippen molar-refractivity contribution in [2.75, 3.05) is 18.6 Å². The van der Waals surface area contributed by atoms with E-state index >= 15 is 0 Å². The number of hydrogen-bond acceptors (Lipinski definition) is 8. The Labute approximate surface area is 123 Å². The molecule has 0 unspecified atom stereocenters. The third kappa shape index (κ3) is 2.24. The fourth-order valence-corrected chi connectivity index (χ4v) is 2.84. The molecule has 114 valence electrons. The van der Waals surface area contributed by atoms with Crippen molar-refractivity contribution >= 4 is 28.9 Å². The number of thioether (sulfide) groups is 1. The molecule has 0 aromatic carbocycles. The van der Waals surface area contributed by atoms with Gasteiger partial charge >= 0.3 is 0 Å². The maximum atomic E-state index is 14.2. The van der Waals surface area contributed by atoms with Gasteiger partial charge < -0.3 is 20.7 Å². The molecule has 3 rings (SSSR count). The topological polar surface area (TPSA) is 119 Å². The summed E-state index contributed by atoms with van der Waals surface area (Å²) in [5, 5.41) is 19.4. The lowest BCUT2D eigenvalue weighted by Crippen LogP contribution is -2.30. The van der Waals surface area contributed by atoms with Gasteiger partial charge in [-0.2, -0.15) is 4.98 Å². The van der Waals surface area contributed by atoms with Crippen LogP contribution in [0.25, 0.3) is 11.2 Å². The highest BCUT2D eigenvalue weighted by atomic mass is 32.2. The van der Waals surface area contributed by atoms with E-state index < -0.39 is 31.2 Å². The zero-order valence-electron chi connectivity index (χ0n) is 11.0. The fraction of sp³-hybridized carbons (Fsp3) is 0.545. The number of ether oxygens (including phenoxy) is 1. The van der Waals surface area contributed by atoms with Gasteiger partial charge in [0.05, 0.1) is 12.9 Å². The molecule has 2 aromatic heterocycles. The van der Waals surface area contributed by atoms with E-state index in [4.69, 9.17) is 15.6 Å². The minimum atomic E-state index is -1.70. The lowest BCUT2D eigenvalue weighted by molar-refractivity contribution is -0.0459. The quantitative estimate of drug-likeness (QED) is 0.522. The Hall–Kier alpha value is -1.49. The van der Waals surface area contributed by atoms with Gasteiger partial charge in [0, 0.05) is 0 Å².